The SMILES string of the molecule is CC1CN(S(=O)(=O)c2cc(N)cc(Br)c2F)CC1N(C)C. The molecule has 2 atom stereocenters. The van der Waals surface area contributed by atoms with E-state index in [0.29, 0.717) is 13.1 Å². The quantitative estimate of drug-likeness (QED) is 0.812. The monoisotopic (exact) mass is 379 g/mol. The molecule has 0 aromatic heterocycles. The summed E-state index contributed by atoms with van der Waals surface area (Å²) in [5.74, 6) is -0.618. The van der Waals surface area contributed by atoms with Crippen molar-refractivity contribution in [2.45, 2.75) is 17.9 Å². The van der Waals surface area contributed by atoms with Gasteiger partial charge >= 0.3 is 0 Å². The summed E-state index contributed by atoms with van der Waals surface area (Å²) in [5.41, 5.74) is 5.85. The Kier molecular flexibility index (Phi) is 4.63. The third-order valence-corrected chi connectivity index (χ3v) is 6.25. The molecule has 0 saturated carbocycles. The Bertz CT molecular complexity index is 651. The van der Waals surface area contributed by atoms with E-state index in [2.05, 4.69) is 15.9 Å². The summed E-state index contributed by atoms with van der Waals surface area (Å²) in [6.07, 6.45) is 0. The number of halogens is 2. The second-order valence-electron chi connectivity index (χ2n) is 5.65. The number of nitrogen functional groups attached to an aromatic ring is 1. The summed E-state index contributed by atoms with van der Waals surface area (Å²) < 4.78 is 40.9. The van der Waals surface area contributed by atoms with Crippen LogP contribution in [0.15, 0.2) is 21.5 Å². The van der Waals surface area contributed by atoms with Gasteiger partial charge in [-0.2, -0.15) is 4.31 Å². The molecule has 1 aliphatic heterocycles. The van der Waals surface area contributed by atoms with Gasteiger partial charge in [-0.3, -0.25) is 0 Å². The van der Waals surface area contributed by atoms with Gasteiger partial charge in [0.15, 0.2) is 5.82 Å². The Hall–Kier alpha value is -0.700. The molecule has 118 valence electrons. The van der Waals surface area contributed by atoms with Gasteiger partial charge < -0.3 is 10.6 Å². The minimum Gasteiger partial charge on any atom is -0.399 e. The normalized spacial score (nSPS) is 23.9. The van der Waals surface area contributed by atoms with E-state index in [4.69, 9.17) is 5.73 Å². The predicted octanol–water partition coefficient (Wildman–Crippen LogP) is 1.74. The van der Waals surface area contributed by atoms with Crippen LogP contribution in [0.4, 0.5) is 10.1 Å². The van der Waals surface area contributed by atoms with E-state index in [1.807, 2.05) is 25.9 Å². The van der Waals surface area contributed by atoms with Gasteiger partial charge in [-0.05, 0) is 48.1 Å². The highest BCUT2D eigenvalue weighted by molar-refractivity contribution is 9.10. The lowest BCUT2D eigenvalue weighted by atomic mass is 10.1. The number of anilines is 1. The van der Waals surface area contributed by atoms with Crippen molar-refractivity contribution in [2.24, 2.45) is 5.92 Å². The molecule has 2 unspecified atom stereocenters. The maximum Gasteiger partial charge on any atom is 0.246 e. The molecule has 1 heterocycles. The fraction of sp³-hybridized carbons (Fsp3) is 0.538. The molecule has 2 N–H and O–H groups in total. The molecule has 2 rings (SSSR count). The van der Waals surface area contributed by atoms with Gasteiger partial charge in [0.2, 0.25) is 10.0 Å². The Balaban J connectivity index is 2.41. The second-order valence-corrected chi connectivity index (χ2v) is 8.41. The van der Waals surface area contributed by atoms with Crippen LogP contribution in [-0.2, 0) is 10.0 Å². The smallest absolute Gasteiger partial charge is 0.246 e. The van der Waals surface area contributed by atoms with Crippen molar-refractivity contribution in [2.75, 3.05) is 32.9 Å². The highest BCUT2D eigenvalue weighted by Crippen LogP contribution is 2.31. The van der Waals surface area contributed by atoms with Gasteiger partial charge in [-0.1, -0.05) is 6.92 Å². The molecular formula is C13H19BrFN3O2S. The van der Waals surface area contributed by atoms with Crippen LogP contribution in [0.5, 0.6) is 0 Å². The molecule has 1 saturated heterocycles. The Labute approximate surface area is 133 Å². The van der Waals surface area contributed by atoms with Gasteiger partial charge in [0.1, 0.15) is 4.90 Å². The molecule has 0 spiro atoms. The highest BCUT2D eigenvalue weighted by Gasteiger charge is 2.39. The summed E-state index contributed by atoms with van der Waals surface area (Å²) >= 11 is 3.00. The molecule has 8 heteroatoms. The summed E-state index contributed by atoms with van der Waals surface area (Å²) in [4.78, 5) is 1.62. The summed E-state index contributed by atoms with van der Waals surface area (Å²) in [7, 11) is -0.0687. The van der Waals surface area contributed by atoms with E-state index < -0.39 is 15.8 Å². The van der Waals surface area contributed by atoms with Crippen LogP contribution in [0, 0.1) is 11.7 Å². The maximum atomic E-state index is 14.2. The average Bonchev–Trinajstić information content (AvgIpc) is 2.76. The van der Waals surface area contributed by atoms with Crippen LogP contribution in [-0.4, -0.2) is 50.8 Å². The van der Waals surface area contributed by atoms with Crippen LogP contribution in [0.2, 0.25) is 0 Å². The number of benzene rings is 1. The zero-order valence-electron chi connectivity index (χ0n) is 12.2. The number of nitrogens with zero attached hydrogens (tertiary/aromatic N) is 2. The molecule has 0 aliphatic carbocycles. The molecule has 0 bridgehead atoms. The van der Waals surface area contributed by atoms with Gasteiger partial charge in [0, 0.05) is 24.8 Å². The average molecular weight is 380 g/mol. The van der Waals surface area contributed by atoms with Crippen molar-refractivity contribution >= 4 is 31.6 Å². The molecule has 1 aromatic carbocycles. The minimum atomic E-state index is -3.89. The van der Waals surface area contributed by atoms with Crippen LogP contribution >= 0.6 is 15.9 Å². The Morgan fingerprint density at radius 3 is 2.52 bits per heavy atom. The standard InChI is InChI=1S/C13H19BrFN3O2S/c1-8-6-18(7-11(8)17(2)3)21(19,20)12-5-9(16)4-10(14)13(12)15/h4-5,8,11H,6-7,16H2,1-3H3. The largest absolute Gasteiger partial charge is 0.399 e. The van der Waals surface area contributed by atoms with Gasteiger partial charge in [0.25, 0.3) is 0 Å². The van der Waals surface area contributed by atoms with Crippen molar-refractivity contribution in [3.05, 3.63) is 22.4 Å². The van der Waals surface area contributed by atoms with Gasteiger partial charge in [-0.25, -0.2) is 12.8 Å². The molecule has 0 amide bonds. The topological polar surface area (TPSA) is 66.6 Å². The van der Waals surface area contributed by atoms with Crippen LogP contribution in [0.1, 0.15) is 6.92 Å². The number of rotatable bonds is 3. The number of likely N-dealkylation sites (N-methyl/N-ethyl adjacent to an activating group) is 1. The minimum absolute atomic E-state index is 0.0532. The Morgan fingerprint density at radius 1 is 1.38 bits per heavy atom. The predicted molar refractivity (Wildman–Crippen MR) is 83.9 cm³/mol. The molecule has 1 fully saturated rings. The van der Waals surface area contributed by atoms with Crippen LogP contribution in [0.25, 0.3) is 0 Å². The molecule has 1 aliphatic rings. The van der Waals surface area contributed by atoms with E-state index in [9.17, 15) is 12.8 Å². The molecular weight excluding hydrogens is 361 g/mol. The van der Waals surface area contributed by atoms with E-state index in [1.54, 1.807) is 0 Å². The first kappa shape index (κ1) is 16.7. The zero-order chi connectivity index (χ0) is 15.9. The van der Waals surface area contributed by atoms with Crippen LogP contribution < -0.4 is 5.73 Å². The third-order valence-electron chi connectivity index (χ3n) is 3.84. The van der Waals surface area contributed by atoms with Crippen molar-refractivity contribution in [3.63, 3.8) is 0 Å². The highest BCUT2D eigenvalue weighted by atomic mass is 79.9. The lowest BCUT2D eigenvalue weighted by Crippen LogP contribution is -2.36. The van der Waals surface area contributed by atoms with Crippen LogP contribution in [0.3, 0.4) is 0 Å². The second kappa shape index (κ2) is 5.83. The van der Waals surface area contributed by atoms with Crippen molar-refractivity contribution < 1.29 is 12.8 Å². The van der Waals surface area contributed by atoms with E-state index in [1.165, 1.54) is 16.4 Å². The molecule has 5 nitrogen and oxygen atoms in total. The zero-order valence-corrected chi connectivity index (χ0v) is 14.6. The van der Waals surface area contributed by atoms with Crippen molar-refractivity contribution in [1.82, 2.24) is 9.21 Å². The lowest BCUT2D eigenvalue weighted by Gasteiger charge is -2.22. The number of hydrogen-bond acceptors (Lipinski definition) is 4. The first-order chi connectivity index (χ1) is 9.64. The number of hydrogen-bond donors (Lipinski definition) is 1. The number of nitrogens with two attached hydrogens (primary N) is 1. The summed E-state index contributed by atoms with van der Waals surface area (Å²) in [6.45, 7) is 2.71. The fourth-order valence-electron chi connectivity index (χ4n) is 2.69. The number of sulfonamides is 1. The summed E-state index contributed by atoms with van der Waals surface area (Å²) in [5, 5.41) is 0. The fourth-order valence-corrected chi connectivity index (χ4v) is 4.97. The molecule has 1 aromatic rings. The van der Waals surface area contributed by atoms with Gasteiger partial charge in [0.05, 0.1) is 4.47 Å². The van der Waals surface area contributed by atoms with E-state index in [0.717, 1.165) is 0 Å². The first-order valence-corrected chi connectivity index (χ1v) is 8.79. The van der Waals surface area contributed by atoms with E-state index >= 15 is 0 Å². The maximum absolute atomic E-state index is 14.2. The first-order valence-electron chi connectivity index (χ1n) is 6.55. The van der Waals surface area contributed by atoms with Gasteiger partial charge in [-0.15, -0.1) is 0 Å². The molecule has 0 radical (unpaired) electrons. The van der Waals surface area contributed by atoms with Crippen molar-refractivity contribution in [3.8, 4) is 0 Å². The third kappa shape index (κ3) is 3.08. The van der Waals surface area contributed by atoms with Crippen molar-refractivity contribution in [1.29, 1.82) is 0 Å². The summed E-state index contributed by atoms with van der Waals surface area (Å²) in [6, 6.07) is 2.64. The molecule has 21 heavy (non-hydrogen) atoms. The van der Waals surface area contributed by atoms with E-state index in [-0.39, 0.29) is 27.0 Å². The lowest BCUT2D eigenvalue weighted by molar-refractivity contribution is 0.263. The Morgan fingerprint density at radius 2 is 2.00 bits per heavy atom.